The van der Waals surface area contributed by atoms with Crippen LogP contribution in [0.5, 0.6) is 0 Å². The third kappa shape index (κ3) is 1.26. The second kappa shape index (κ2) is 3.46. The van der Waals surface area contributed by atoms with Gasteiger partial charge in [-0.05, 0) is 42.9 Å². The van der Waals surface area contributed by atoms with Crippen LogP contribution in [-0.4, -0.2) is 18.5 Å². The van der Waals surface area contributed by atoms with Gasteiger partial charge in [0, 0.05) is 6.54 Å². The fourth-order valence-electron chi connectivity index (χ4n) is 3.94. The van der Waals surface area contributed by atoms with E-state index in [1.807, 2.05) is 0 Å². The van der Waals surface area contributed by atoms with Gasteiger partial charge < -0.3 is 10.2 Å². The monoisotopic (exact) mass is 246 g/mol. The molecule has 4 rings (SSSR count). The number of anilines is 2. The number of halogens is 1. The largest absolute Gasteiger partial charge is 0.357 e. The lowest BCUT2D eigenvalue weighted by molar-refractivity contribution is -0.118. The van der Waals surface area contributed by atoms with E-state index < -0.39 is 0 Å². The summed E-state index contributed by atoms with van der Waals surface area (Å²) in [5.74, 6) is 0.917. The highest BCUT2D eigenvalue weighted by molar-refractivity contribution is 6.04. The molecule has 1 aromatic carbocycles. The number of rotatable bonds is 0. The van der Waals surface area contributed by atoms with Crippen LogP contribution in [0.4, 0.5) is 15.8 Å². The van der Waals surface area contributed by atoms with Crippen molar-refractivity contribution in [3.63, 3.8) is 0 Å². The maximum absolute atomic E-state index is 13.4. The highest BCUT2D eigenvalue weighted by Crippen LogP contribution is 2.47. The van der Waals surface area contributed by atoms with Crippen LogP contribution in [0.15, 0.2) is 18.2 Å². The summed E-state index contributed by atoms with van der Waals surface area (Å²) in [6.45, 7) is 0.902. The molecule has 0 radical (unpaired) electrons. The van der Waals surface area contributed by atoms with E-state index >= 15 is 0 Å². The van der Waals surface area contributed by atoms with E-state index in [0.29, 0.717) is 11.8 Å². The Labute approximate surface area is 105 Å². The molecule has 2 fully saturated rings. The number of benzene rings is 1. The van der Waals surface area contributed by atoms with E-state index in [2.05, 4.69) is 10.2 Å². The van der Waals surface area contributed by atoms with Gasteiger partial charge in [0.1, 0.15) is 11.9 Å². The lowest BCUT2D eigenvalue weighted by Gasteiger charge is -2.34. The first-order valence-electron chi connectivity index (χ1n) is 6.61. The van der Waals surface area contributed by atoms with E-state index in [0.717, 1.165) is 24.3 Å². The van der Waals surface area contributed by atoms with Gasteiger partial charge >= 0.3 is 0 Å². The first-order chi connectivity index (χ1) is 8.74. The minimum Gasteiger partial charge on any atom is -0.357 e. The van der Waals surface area contributed by atoms with Crippen LogP contribution in [0.1, 0.15) is 19.3 Å². The van der Waals surface area contributed by atoms with Crippen LogP contribution < -0.4 is 10.2 Å². The average molecular weight is 246 g/mol. The number of carbonyl (C=O) groups excluding carboxylic acids is 1. The molecule has 3 unspecified atom stereocenters. The Bertz CT molecular complexity index is 531. The summed E-state index contributed by atoms with van der Waals surface area (Å²) in [7, 11) is 0. The molecule has 3 aliphatic rings. The van der Waals surface area contributed by atoms with Gasteiger partial charge in [0.15, 0.2) is 0 Å². The Morgan fingerprint density at radius 1 is 1.33 bits per heavy atom. The molecule has 2 heterocycles. The number of nitrogens with one attached hydrogen (secondary N) is 1. The number of hydrogen-bond donors (Lipinski definition) is 1. The van der Waals surface area contributed by atoms with Crippen molar-refractivity contribution in [1.82, 2.24) is 0 Å². The Kier molecular flexibility index (Phi) is 1.99. The summed E-state index contributed by atoms with van der Waals surface area (Å²) in [5.41, 5.74) is 1.60. The highest BCUT2D eigenvalue weighted by atomic mass is 19.1. The molecule has 1 amide bonds. The molecular formula is C14H15FN2O. The zero-order chi connectivity index (χ0) is 12.3. The van der Waals surface area contributed by atoms with Crippen LogP contribution in [0.25, 0.3) is 0 Å². The summed E-state index contributed by atoms with van der Waals surface area (Å²) in [5, 5.41) is 2.92. The summed E-state index contributed by atoms with van der Waals surface area (Å²) in [4.78, 5) is 14.3. The molecule has 3 nitrogen and oxygen atoms in total. The second-order valence-electron chi connectivity index (χ2n) is 5.60. The lowest BCUT2D eigenvalue weighted by Crippen LogP contribution is -2.46. The molecule has 1 saturated heterocycles. The van der Waals surface area contributed by atoms with Gasteiger partial charge in [-0.15, -0.1) is 0 Å². The zero-order valence-corrected chi connectivity index (χ0v) is 10.0. The number of hydrogen-bond acceptors (Lipinski definition) is 2. The summed E-state index contributed by atoms with van der Waals surface area (Å²) < 4.78 is 13.4. The zero-order valence-electron chi connectivity index (χ0n) is 10.0. The fraction of sp³-hybridized carbons (Fsp3) is 0.500. The van der Waals surface area contributed by atoms with Crippen LogP contribution in [0.3, 0.4) is 0 Å². The Hall–Kier alpha value is -1.58. The normalized spacial score (nSPS) is 32.8. The quantitative estimate of drug-likeness (QED) is 0.762. The van der Waals surface area contributed by atoms with E-state index in [1.165, 1.54) is 18.9 Å². The first kappa shape index (κ1) is 10.4. The molecule has 1 aliphatic carbocycles. The Balaban J connectivity index is 1.81. The van der Waals surface area contributed by atoms with Crippen LogP contribution in [0, 0.1) is 17.7 Å². The van der Waals surface area contributed by atoms with Crippen molar-refractivity contribution in [2.75, 3.05) is 16.8 Å². The topological polar surface area (TPSA) is 32.3 Å². The SMILES string of the molecule is O=C1Nc2ccc(F)cc2N2CC3CCCC3C12. The molecule has 4 heteroatoms. The van der Waals surface area contributed by atoms with Crippen LogP contribution >= 0.6 is 0 Å². The maximum atomic E-state index is 13.4. The Morgan fingerprint density at radius 3 is 3.11 bits per heavy atom. The van der Waals surface area contributed by atoms with Gasteiger partial charge in [-0.3, -0.25) is 4.79 Å². The van der Waals surface area contributed by atoms with Gasteiger partial charge in [0.2, 0.25) is 5.91 Å². The van der Waals surface area contributed by atoms with E-state index in [-0.39, 0.29) is 17.8 Å². The van der Waals surface area contributed by atoms with Gasteiger partial charge in [-0.1, -0.05) is 6.42 Å². The minimum atomic E-state index is -0.235. The third-order valence-electron chi connectivity index (χ3n) is 4.69. The standard InChI is InChI=1S/C14H15FN2O/c15-9-4-5-11-12(6-9)17-7-8-2-1-3-10(8)13(17)14(18)16-11/h4-6,8,10,13H,1-3,7H2,(H,16,18). The van der Waals surface area contributed by atoms with E-state index in [9.17, 15) is 9.18 Å². The molecule has 3 atom stereocenters. The average Bonchev–Trinajstić information content (AvgIpc) is 2.90. The van der Waals surface area contributed by atoms with Gasteiger partial charge in [-0.25, -0.2) is 4.39 Å². The van der Waals surface area contributed by atoms with Crippen molar-refractivity contribution in [3.05, 3.63) is 24.0 Å². The molecule has 1 N–H and O–H groups in total. The van der Waals surface area contributed by atoms with Crippen molar-refractivity contribution >= 4 is 17.3 Å². The van der Waals surface area contributed by atoms with Crippen LogP contribution in [0.2, 0.25) is 0 Å². The Morgan fingerprint density at radius 2 is 2.22 bits per heavy atom. The predicted molar refractivity (Wildman–Crippen MR) is 67.0 cm³/mol. The molecule has 0 aromatic heterocycles. The smallest absolute Gasteiger partial charge is 0.247 e. The van der Waals surface area contributed by atoms with Crippen molar-refractivity contribution in [2.24, 2.45) is 11.8 Å². The van der Waals surface area contributed by atoms with E-state index in [4.69, 9.17) is 0 Å². The molecule has 1 aromatic rings. The number of carbonyl (C=O) groups is 1. The lowest BCUT2D eigenvalue weighted by atomic mass is 9.92. The molecular weight excluding hydrogens is 231 g/mol. The first-order valence-corrected chi connectivity index (χ1v) is 6.61. The summed E-state index contributed by atoms with van der Waals surface area (Å²) in [6, 6.07) is 4.53. The predicted octanol–water partition coefficient (Wildman–Crippen LogP) is 2.38. The fourth-order valence-corrected chi connectivity index (χ4v) is 3.94. The molecule has 2 aliphatic heterocycles. The number of nitrogens with zero attached hydrogens (tertiary/aromatic N) is 1. The number of amides is 1. The van der Waals surface area contributed by atoms with E-state index in [1.54, 1.807) is 12.1 Å². The molecule has 18 heavy (non-hydrogen) atoms. The van der Waals surface area contributed by atoms with Crippen LogP contribution in [-0.2, 0) is 4.79 Å². The highest BCUT2D eigenvalue weighted by Gasteiger charge is 2.49. The molecule has 94 valence electrons. The van der Waals surface area contributed by atoms with Crippen molar-refractivity contribution in [3.8, 4) is 0 Å². The summed E-state index contributed by atoms with van der Waals surface area (Å²) >= 11 is 0. The minimum absolute atomic E-state index is 0.0770. The van der Waals surface area contributed by atoms with Gasteiger partial charge in [-0.2, -0.15) is 0 Å². The van der Waals surface area contributed by atoms with Gasteiger partial charge in [0.05, 0.1) is 11.4 Å². The molecule has 0 bridgehead atoms. The summed E-state index contributed by atoms with van der Waals surface area (Å²) in [6.07, 6.45) is 3.56. The van der Waals surface area contributed by atoms with Crippen molar-refractivity contribution < 1.29 is 9.18 Å². The maximum Gasteiger partial charge on any atom is 0.247 e. The van der Waals surface area contributed by atoms with Gasteiger partial charge in [0.25, 0.3) is 0 Å². The third-order valence-corrected chi connectivity index (χ3v) is 4.69. The van der Waals surface area contributed by atoms with Crippen molar-refractivity contribution in [2.45, 2.75) is 25.3 Å². The second-order valence-corrected chi connectivity index (χ2v) is 5.60. The molecule has 1 saturated carbocycles. The molecule has 0 spiro atoms. The van der Waals surface area contributed by atoms with Crippen molar-refractivity contribution in [1.29, 1.82) is 0 Å². The number of fused-ring (bicyclic) bond motifs is 5.